The van der Waals surface area contributed by atoms with Crippen LogP contribution in [-0.4, -0.2) is 18.1 Å². The first-order chi connectivity index (χ1) is 9.22. The third kappa shape index (κ3) is 2.73. The minimum absolute atomic E-state index is 0.487. The minimum Gasteiger partial charge on any atom is -0.316 e. The number of rotatable bonds is 5. The number of aromatic nitrogens is 1. The third-order valence-corrected chi connectivity index (χ3v) is 5.58. The summed E-state index contributed by atoms with van der Waals surface area (Å²) >= 11 is 3.54. The van der Waals surface area contributed by atoms with Crippen molar-refractivity contribution in [2.45, 2.75) is 39.0 Å². The van der Waals surface area contributed by atoms with Crippen LogP contribution < -0.4 is 5.32 Å². The molecule has 2 bridgehead atoms. The molecule has 1 aromatic rings. The first-order valence-corrected chi connectivity index (χ1v) is 8.31. The molecule has 3 atom stereocenters. The summed E-state index contributed by atoms with van der Waals surface area (Å²) in [6, 6.07) is 2.24. The lowest BCUT2D eigenvalue weighted by Gasteiger charge is -2.38. The molecule has 2 aliphatic carbocycles. The van der Waals surface area contributed by atoms with Gasteiger partial charge in [0.15, 0.2) is 0 Å². The lowest BCUT2D eigenvalue weighted by atomic mass is 9.69. The Bertz CT molecular complexity index is 448. The van der Waals surface area contributed by atoms with Crippen molar-refractivity contribution < 1.29 is 0 Å². The van der Waals surface area contributed by atoms with Gasteiger partial charge >= 0.3 is 0 Å². The van der Waals surface area contributed by atoms with E-state index in [9.17, 15) is 0 Å². The van der Waals surface area contributed by atoms with E-state index < -0.39 is 0 Å². The van der Waals surface area contributed by atoms with E-state index in [-0.39, 0.29) is 0 Å². The summed E-state index contributed by atoms with van der Waals surface area (Å²) in [5.74, 6) is 1.92. The molecule has 0 spiro atoms. The van der Waals surface area contributed by atoms with Crippen LogP contribution in [0.1, 0.15) is 38.2 Å². The highest BCUT2D eigenvalue weighted by Gasteiger charge is 2.50. The first-order valence-electron chi connectivity index (χ1n) is 7.52. The van der Waals surface area contributed by atoms with Crippen molar-refractivity contribution in [2.75, 3.05) is 13.1 Å². The van der Waals surface area contributed by atoms with Crippen molar-refractivity contribution in [3.05, 3.63) is 28.5 Å². The highest BCUT2D eigenvalue weighted by molar-refractivity contribution is 9.10. The van der Waals surface area contributed by atoms with E-state index in [0.717, 1.165) is 22.9 Å². The molecular formula is C16H23BrN2. The molecule has 0 amide bonds. The molecule has 2 aliphatic rings. The highest BCUT2D eigenvalue weighted by atomic mass is 79.9. The summed E-state index contributed by atoms with van der Waals surface area (Å²) < 4.78 is 1.10. The maximum Gasteiger partial charge on any atom is 0.0410 e. The molecule has 3 rings (SSSR count). The highest BCUT2D eigenvalue weighted by Crippen LogP contribution is 2.57. The average Bonchev–Trinajstić information content (AvgIpc) is 2.97. The van der Waals surface area contributed by atoms with Crippen LogP contribution in [0.3, 0.4) is 0 Å². The molecule has 19 heavy (non-hydrogen) atoms. The molecule has 3 heteroatoms. The summed E-state index contributed by atoms with van der Waals surface area (Å²) in [4.78, 5) is 4.33. The molecule has 0 saturated heterocycles. The molecule has 2 fully saturated rings. The van der Waals surface area contributed by atoms with E-state index in [2.05, 4.69) is 39.2 Å². The Morgan fingerprint density at radius 3 is 2.95 bits per heavy atom. The topological polar surface area (TPSA) is 24.9 Å². The van der Waals surface area contributed by atoms with Crippen LogP contribution in [0.2, 0.25) is 0 Å². The van der Waals surface area contributed by atoms with Gasteiger partial charge in [-0.05, 0) is 77.0 Å². The minimum atomic E-state index is 0.487. The zero-order valence-electron chi connectivity index (χ0n) is 11.7. The maximum atomic E-state index is 4.33. The number of hydrogen-bond acceptors (Lipinski definition) is 2. The van der Waals surface area contributed by atoms with Gasteiger partial charge in [0.1, 0.15) is 0 Å². The maximum absolute atomic E-state index is 4.33. The predicted molar refractivity (Wildman–Crippen MR) is 82.1 cm³/mol. The molecule has 104 valence electrons. The van der Waals surface area contributed by atoms with Crippen molar-refractivity contribution in [2.24, 2.45) is 17.3 Å². The SMILES string of the molecule is CCNCC1(Cc2cncc(Br)c2)CC2CCC1C2. The van der Waals surface area contributed by atoms with Crippen LogP contribution in [0.4, 0.5) is 0 Å². The average molecular weight is 323 g/mol. The fourth-order valence-electron chi connectivity index (χ4n) is 4.39. The van der Waals surface area contributed by atoms with Crippen molar-refractivity contribution in [3.63, 3.8) is 0 Å². The number of fused-ring (bicyclic) bond motifs is 2. The van der Waals surface area contributed by atoms with Gasteiger partial charge in [-0.15, -0.1) is 0 Å². The van der Waals surface area contributed by atoms with Gasteiger partial charge in [-0.25, -0.2) is 0 Å². The number of nitrogens with one attached hydrogen (secondary N) is 1. The lowest BCUT2D eigenvalue weighted by Crippen LogP contribution is -2.40. The summed E-state index contributed by atoms with van der Waals surface area (Å²) in [6.07, 6.45) is 10.9. The quantitative estimate of drug-likeness (QED) is 0.891. The Kier molecular flexibility index (Phi) is 3.95. The Morgan fingerprint density at radius 1 is 1.42 bits per heavy atom. The van der Waals surface area contributed by atoms with Crippen LogP contribution in [-0.2, 0) is 6.42 Å². The van der Waals surface area contributed by atoms with Crippen molar-refractivity contribution in [1.29, 1.82) is 0 Å². The van der Waals surface area contributed by atoms with E-state index in [1.807, 2.05) is 12.4 Å². The van der Waals surface area contributed by atoms with E-state index in [1.54, 1.807) is 0 Å². The molecule has 0 aromatic carbocycles. The van der Waals surface area contributed by atoms with E-state index in [1.165, 1.54) is 44.2 Å². The van der Waals surface area contributed by atoms with Gasteiger partial charge in [-0.1, -0.05) is 13.3 Å². The number of hydrogen-bond donors (Lipinski definition) is 1. The smallest absolute Gasteiger partial charge is 0.0410 e. The lowest BCUT2D eigenvalue weighted by molar-refractivity contribution is 0.157. The van der Waals surface area contributed by atoms with Gasteiger partial charge < -0.3 is 5.32 Å². The van der Waals surface area contributed by atoms with E-state index >= 15 is 0 Å². The number of halogens is 1. The van der Waals surface area contributed by atoms with Crippen molar-refractivity contribution in [1.82, 2.24) is 10.3 Å². The standard InChI is InChI=1S/C16H23BrN2/c1-2-18-11-16(7-12-3-4-14(16)5-12)8-13-6-15(17)10-19-9-13/h6,9-10,12,14,18H,2-5,7-8,11H2,1H3. The van der Waals surface area contributed by atoms with Crippen LogP contribution in [0.25, 0.3) is 0 Å². The van der Waals surface area contributed by atoms with Gasteiger partial charge in [0, 0.05) is 23.4 Å². The fourth-order valence-corrected chi connectivity index (χ4v) is 4.80. The van der Waals surface area contributed by atoms with E-state index in [4.69, 9.17) is 0 Å². The zero-order valence-corrected chi connectivity index (χ0v) is 13.2. The second-order valence-corrected chi connectivity index (χ2v) is 7.33. The summed E-state index contributed by atoms with van der Waals surface area (Å²) in [7, 11) is 0. The van der Waals surface area contributed by atoms with Gasteiger partial charge in [-0.2, -0.15) is 0 Å². The molecule has 0 radical (unpaired) electrons. The van der Waals surface area contributed by atoms with Crippen LogP contribution in [0.15, 0.2) is 22.9 Å². The number of pyridine rings is 1. The van der Waals surface area contributed by atoms with Gasteiger partial charge in [0.05, 0.1) is 0 Å². The third-order valence-electron chi connectivity index (χ3n) is 5.15. The van der Waals surface area contributed by atoms with Crippen molar-refractivity contribution in [3.8, 4) is 0 Å². The van der Waals surface area contributed by atoms with E-state index in [0.29, 0.717) is 5.41 Å². The predicted octanol–water partition coefficient (Wildman–Crippen LogP) is 3.80. The molecule has 1 N–H and O–H groups in total. The summed E-state index contributed by atoms with van der Waals surface area (Å²) in [5, 5.41) is 3.62. The van der Waals surface area contributed by atoms with Gasteiger partial charge in [-0.3, -0.25) is 4.98 Å². The molecule has 1 aromatic heterocycles. The Morgan fingerprint density at radius 2 is 2.32 bits per heavy atom. The largest absolute Gasteiger partial charge is 0.316 e. The zero-order chi connectivity index (χ0) is 13.3. The van der Waals surface area contributed by atoms with Crippen LogP contribution in [0.5, 0.6) is 0 Å². The van der Waals surface area contributed by atoms with Crippen molar-refractivity contribution >= 4 is 15.9 Å². The molecule has 1 heterocycles. The molecule has 2 nitrogen and oxygen atoms in total. The number of nitrogens with zero attached hydrogens (tertiary/aromatic N) is 1. The van der Waals surface area contributed by atoms with Crippen LogP contribution >= 0.6 is 15.9 Å². The Hall–Kier alpha value is -0.410. The van der Waals surface area contributed by atoms with Gasteiger partial charge in [0.25, 0.3) is 0 Å². The Labute approximate surface area is 124 Å². The fraction of sp³-hybridized carbons (Fsp3) is 0.688. The van der Waals surface area contributed by atoms with Crippen LogP contribution in [0, 0.1) is 17.3 Å². The summed E-state index contributed by atoms with van der Waals surface area (Å²) in [5.41, 5.74) is 1.88. The molecule has 2 saturated carbocycles. The monoisotopic (exact) mass is 322 g/mol. The summed E-state index contributed by atoms with van der Waals surface area (Å²) in [6.45, 7) is 4.47. The molecule has 3 unspecified atom stereocenters. The second-order valence-electron chi connectivity index (χ2n) is 6.41. The molecule has 0 aliphatic heterocycles. The van der Waals surface area contributed by atoms with Gasteiger partial charge in [0.2, 0.25) is 0 Å². The Balaban J connectivity index is 1.80. The molecular weight excluding hydrogens is 300 g/mol. The second kappa shape index (κ2) is 5.53. The normalized spacial score (nSPS) is 32.9. The first kappa shape index (κ1) is 13.6.